The van der Waals surface area contributed by atoms with E-state index in [2.05, 4.69) is 15.7 Å². The summed E-state index contributed by atoms with van der Waals surface area (Å²) in [5.74, 6) is -0.602. The van der Waals surface area contributed by atoms with Gasteiger partial charge in [0.05, 0.1) is 5.56 Å². The molecule has 3 aromatic rings. The molecule has 0 aliphatic carbocycles. The number of rotatable bonds is 5. The molecule has 0 radical (unpaired) electrons. The molecule has 24 heavy (non-hydrogen) atoms. The maximum Gasteiger partial charge on any atom is 0.276 e. The Hall–Kier alpha value is -2.93. The largest absolute Gasteiger partial charge is 0.322 e. The number of thiophene rings is 1. The van der Waals surface area contributed by atoms with Gasteiger partial charge in [-0.3, -0.25) is 14.3 Å². The molecular weight excluding hydrogens is 324 g/mol. The van der Waals surface area contributed by atoms with Crippen LogP contribution in [0.2, 0.25) is 0 Å². The van der Waals surface area contributed by atoms with Crippen LogP contribution in [0.3, 0.4) is 0 Å². The summed E-state index contributed by atoms with van der Waals surface area (Å²) in [5, 5.41) is 12.0. The van der Waals surface area contributed by atoms with Crippen molar-refractivity contribution in [3.8, 4) is 0 Å². The Morgan fingerprint density at radius 3 is 2.58 bits per heavy atom. The van der Waals surface area contributed by atoms with Gasteiger partial charge in [0.25, 0.3) is 11.8 Å². The predicted molar refractivity (Wildman–Crippen MR) is 94.6 cm³/mol. The van der Waals surface area contributed by atoms with Gasteiger partial charge in [0.1, 0.15) is 5.00 Å². The third kappa shape index (κ3) is 3.52. The van der Waals surface area contributed by atoms with E-state index in [1.54, 1.807) is 40.5 Å². The number of anilines is 2. The first-order valence-corrected chi connectivity index (χ1v) is 8.34. The van der Waals surface area contributed by atoms with Crippen molar-refractivity contribution >= 4 is 33.8 Å². The average molecular weight is 340 g/mol. The molecule has 0 aliphatic rings. The van der Waals surface area contributed by atoms with Crippen LogP contribution in [0.5, 0.6) is 0 Å². The summed E-state index contributed by atoms with van der Waals surface area (Å²) in [5.41, 5.74) is 1.44. The summed E-state index contributed by atoms with van der Waals surface area (Å²) in [6, 6.07) is 12.5. The molecule has 0 aliphatic heterocycles. The molecule has 122 valence electrons. The van der Waals surface area contributed by atoms with E-state index in [4.69, 9.17) is 0 Å². The number of nitrogens with one attached hydrogen (secondary N) is 2. The van der Waals surface area contributed by atoms with Crippen LogP contribution in [-0.2, 0) is 6.54 Å². The molecular formula is C17H16N4O2S. The van der Waals surface area contributed by atoms with Gasteiger partial charge in [-0.25, -0.2) is 0 Å². The number of para-hydroxylation sites is 1. The Morgan fingerprint density at radius 1 is 1.08 bits per heavy atom. The normalized spacial score (nSPS) is 10.4. The molecule has 2 aromatic heterocycles. The molecule has 3 rings (SSSR count). The first-order chi connectivity index (χ1) is 11.7. The van der Waals surface area contributed by atoms with Gasteiger partial charge < -0.3 is 10.6 Å². The molecule has 0 fully saturated rings. The number of carbonyl (C=O) groups excluding carboxylic acids is 2. The van der Waals surface area contributed by atoms with Crippen LogP contribution in [0.15, 0.2) is 54.0 Å². The van der Waals surface area contributed by atoms with Crippen molar-refractivity contribution in [3.63, 3.8) is 0 Å². The lowest BCUT2D eigenvalue weighted by atomic mass is 10.2. The van der Waals surface area contributed by atoms with Gasteiger partial charge >= 0.3 is 0 Å². The minimum Gasteiger partial charge on any atom is -0.322 e. The zero-order chi connectivity index (χ0) is 16.9. The Morgan fingerprint density at radius 2 is 1.88 bits per heavy atom. The summed E-state index contributed by atoms with van der Waals surface area (Å²) in [6.45, 7) is 2.64. The number of aryl methyl sites for hydroxylation is 1. The van der Waals surface area contributed by atoms with Gasteiger partial charge in [-0.05, 0) is 36.6 Å². The minimum atomic E-state index is -0.335. The first-order valence-electron chi connectivity index (χ1n) is 7.46. The second kappa shape index (κ2) is 7.10. The van der Waals surface area contributed by atoms with Gasteiger partial charge in [0, 0.05) is 18.4 Å². The SMILES string of the molecule is CCn1ccc(C(=O)Nc2sccc2C(=O)Nc2ccccc2)n1. The summed E-state index contributed by atoms with van der Waals surface area (Å²) >= 11 is 1.30. The quantitative estimate of drug-likeness (QED) is 0.747. The lowest BCUT2D eigenvalue weighted by Crippen LogP contribution is -2.17. The van der Waals surface area contributed by atoms with Gasteiger partial charge in [-0.15, -0.1) is 11.3 Å². The number of hydrogen-bond acceptors (Lipinski definition) is 4. The molecule has 7 heteroatoms. The van der Waals surface area contributed by atoms with E-state index < -0.39 is 0 Å². The van der Waals surface area contributed by atoms with Gasteiger partial charge in [0.2, 0.25) is 0 Å². The smallest absolute Gasteiger partial charge is 0.276 e. The van der Waals surface area contributed by atoms with Crippen molar-refractivity contribution in [3.05, 3.63) is 65.3 Å². The third-order valence-corrected chi connectivity index (χ3v) is 4.20. The number of aromatic nitrogens is 2. The van der Waals surface area contributed by atoms with E-state index in [9.17, 15) is 9.59 Å². The van der Waals surface area contributed by atoms with Crippen LogP contribution in [0.25, 0.3) is 0 Å². The molecule has 2 heterocycles. The number of amides is 2. The zero-order valence-electron chi connectivity index (χ0n) is 13.0. The van der Waals surface area contributed by atoms with E-state index in [-0.39, 0.29) is 11.8 Å². The molecule has 0 saturated heterocycles. The zero-order valence-corrected chi connectivity index (χ0v) is 13.8. The lowest BCUT2D eigenvalue weighted by Gasteiger charge is -2.07. The van der Waals surface area contributed by atoms with E-state index in [0.29, 0.717) is 28.5 Å². The minimum absolute atomic E-state index is 0.267. The molecule has 2 N–H and O–H groups in total. The molecule has 2 amide bonds. The topological polar surface area (TPSA) is 76.0 Å². The van der Waals surface area contributed by atoms with E-state index >= 15 is 0 Å². The Labute approximate surface area is 143 Å². The first kappa shape index (κ1) is 15.9. The number of carbonyl (C=O) groups is 2. The fraction of sp³-hybridized carbons (Fsp3) is 0.118. The highest BCUT2D eigenvalue weighted by molar-refractivity contribution is 7.14. The molecule has 6 nitrogen and oxygen atoms in total. The number of hydrogen-bond donors (Lipinski definition) is 2. The molecule has 0 saturated carbocycles. The van der Waals surface area contributed by atoms with E-state index in [0.717, 1.165) is 0 Å². The van der Waals surface area contributed by atoms with Crippen molar-refractivity contribution in [2.24, 2.45) is 0 Å². The lowest BCUT2D eigenvalue weighted by molar-refractivity contribution is 0.102. The average Bonchev–Trinajstić information content (AvgIpc) is 3.24. The van der Waals surface area contributed by atoms with Crippen molar-refractivity contribution in [1.29, 1.82) is 0 Å². The van der Waals surface area contributed by atoms with Crippen LogP contribution in [-0.4, -0.2) is 21.6 Å². The highest BCUT2D eigenvalue weighted by Gasteiger charge is 2.17. The predicted octanol–water partition coefficient (Wildman–Crippen LogP) is 3.47. The van der Waals surface area contributed by atoms with E-state index in [1.165, 1.54) is 11.3 Å². The Balaban J connectivity index is 1.73. The second-order valence-corrected chi connectivity index (χ2v) is 5.91. The fourth-order valence-electron chi connectivity index (χ4n) is 2.13. The van der Waals surface area contributed by atoms with Crippen LogP contribution >= 0.6 is 11.3 Å². The van der Waals surface area contributed by atoms with Crippen LogP contribution in [0.4, 0.5) is 10.7 Å². The van der Waals surface area contributed by atoms with Crippen LogP contribution in [0.1, 0.15) is 27.8 Å². The number of nitrogens with zero attached hydrogens (tertiary/aromatic N) is 2. The standard InChI is InChI=1S/C17H16N4O2S/c1-2-21-10-8-14(20-21)16(23)19-17-13(9-11-24-17)15(22)18-12-6-4-3-5-7-12/h3-11H,2H2,1H3,(H,18,22)(H,19,23). The van der Waals surface area contributed by atoms with Crippen LogP contribution < -0.4 is 10.6 Å². The van der Waals surface area contributed by atoms with Crippen molar-refractivity contribution in [2.45, 2.75) is 13.5 Å². The molecule has 0 spiro atoms. The second-order valence-electron chi connectivity index (χ2n) is 4.99. The van der Waals surface area contributed by atoms with Gasteiger partial charge in [-0.1, -0.05) is 18.2 Å². The van der Waals surface area contributed by atoms with Gasteiger partial charge in [-0.2, -0.15) is 5.10 Å². The van der Waals surface area contributed by atoms with Crippen molar-refractivity contribution < 1.29 is 9.59 Å². The highest BCUT2D eigenvalue weighted by atomic mass is 32.1. The third-order valence-electron chi connectivity index (χ3n) is 3.37. The van der Waals surface area contributed by atoms with Crippen molar-refractivity contribution in [2.75, 3.05) is 10.6 Å². The molecule has 1 aromatic carbocycles. The van der Waals surface area contributed by atoms with Gasteiger partial charge in [0.15, 0.2) is 5.69 Å². The maximum absolute atomic E-state index is 12.4. The summed E-state index contributed by atoms with van der Waals surface area (Å²) in [7, 11) is 0. The van der Waals surface area contributed by atoms with E-state index in [1.807, 2.05) is 25.1 Å². The fourth-order valence-corrected chi connectivity index (χ4v) is 2.91. The molecule has 0 bridgehead atoms. The number of benzene rings is 1. The molecule has 0 atom stereocenters. The van der Waals surface area contributed by atoms with Crippen molar-refractivity contribution in [1.82, 2.24) is 9.78 Å². The Kier molecular flexibility index (Phi) is 4.72. The summed E-state index contributed by atoms with van der Waals surface area (Å²) in [6.07, 6.45) is 1.74. The summed E-state index contributed by atoms with van der Waals surface area (Å²) < 4.78 is 1.67. The molecule has 0 unspecified atom stereocenters. The summed E-state index contributed by atoms with van der Waals surface area (Å²) in [4.78, 5) is 24.7. The highest BCUT2D eigenvalue weighted by Crippen LogP contribution is 2.25. The Bertz CT molecular complexity index is 854. The monoisotopic (exact) mass is 340 g/mol. The maximum atomic E-state index is 12.4. The van der Waals surface area contributed by atoms with Crippen LogP contribution in [0, 0.1) is 0 Å².